The van der Waals surface area contributed by atoms with Crippen LogP contribution >= 0.6 is 0 Å². The summed E-state index contributed by atoms with van der Waals surface area (Å²) in [6.45, 7) is 0. The Hall–Kier alpha value is -4.30. The number of hydrogen-bond acceptors (Lipinski definition) is 2. The molecule has 2 heteroatoms. The summed E-state index contributed by atoms with van der Waals surface area (Å²) in [7, 11) is 0. The predicted molar refractivity (Wildman–Crippen MR) is 134 cm³/mol. The first-order valence-corrected chi connectivity index (χ1v) is 10.7. The average molecular weight is 411 g/mol. The molecule has 1 heterocycles. The molecule has 0 atom stereocenters. The van der Waals surface area contributed by atoms with Crippen LogP contribution in [0.1, 0.15) is 5.69 Å². The number of aromatic nitrogens is 1. The van der Waals surface area contributed by atoms with E-state index in [1.54, 1.807) is 6.20 Å². The van der Waals surface area contributed by atoms with Crippen LogP contribution in [0.3, 0.4) is 0 Å². The summed E-state index contributed by atoms with van der Waals surface area (Å²) in [5.41, 5.74) is 8.58. The second kappa shape index (κ2) is 9.23. The van der Waals surface area contributed by atoms with E-state index >= 15 is 0 Å². The third-order valence-electron chi connectivity index (χ3n) is 5.40. The largest absolute Gasteiger partial charge is 0.255 e. The molecule has 0 aliphatic heterocycles. The van der Waals surface area contributed by atoms with E-state index in [0.29, 0.717) is 0 Å². The third kappa shape index (κ3) is 4.26. The van der Waals surface area contributed by atoms with Crippen LogP contribution in [-0.2, 0) is 0 Å². The molecule has 0 fully saturated rings. The van der Waals surface area contributed by atoms with Crippen LogP contribution in [0, 0.1) is 0 Å². The maximum absolute atomic E-state index is 4.98. The van der Waals surface area contributed by atoms with Gasteiger partial charge in [-0.1, -0.05) is 97.1 Å². The molecular weight excluding hydrogens is 388 g/mol. The van der Waals surface area contributed by atoms with Crippen LogP contribution in [0.4, 0.5) is 5.69 Å². The SMILES string of the molecule is C(=Nc1c(-c2ccccc2)cc(-c2ccccc2)cc1-c1ccccc1)c1ccccn1. The number of nitrogens with zero attached hydrogens (tertiary/aromatic N) is 2. The summed E-state index contributed by atoms with van der Waals surface area (Å²) in [5, 5.41) is 0. The minimum atomic E-state index is 0.831. The molecule has 0 aliphatic rings. The van der Waals surface area contributed by atoms with Gasteiger partial charge in [0.05, 0.1) is 17.6 Å². The number of rotatable bonds is 5. The van der Waals surface area contributed by atoms with Crippen molar-refractivity contribution in [2.45, 2.75) is 0 Å². The van der Waals surface area contributed by atoms with E-state index in [4.69, 9.17) is 4.99 Å². The van der Waals surface area contributed by atoms with Gasteiger partial charge in [0.1, 0.15) is 0 Å². The molecule has 0 bridgehead atoms. The molecule has 0 N–H and O–H groups in total. The smallest absolute Gasteiger partial charge is 0.0812 e. The van der Waals surface area contributed by atoms with Crippen molar-refractivity contribution in [1.29, 1.82) is 0 Å². The van der Waals surface area contributed by atoms with Crippen LogP contribution in [-0.4, -0.2) is 11.2 Å². The van der Waals surface area contributed by atoms with Gasteiger partial charge in [-0.05, 0) is 46.5 Å². The van der Waals surface area contributed by atoms with Crippen molar-refractivity contribution in [2.75, 3.05) is 0 Å². The van der Waals surface area contributed by atoms with Gasteiger partial charge in [0.25, 0.3) is 0 Å². The van der Waals surface area contributed by atoms with E-state index in [-0.39, 0.29) is 0 Å². The molecular formula is C30H22N2. The molecule has 5 aromatic rings. The lowest BCUT2D eigenvalue weighted by molar-refractivity contribution is 1.30. The van der Waals surface area contributed by atoms with Crippen molar-refractivity contribution >= 4 is 11.9 Å². The van der Waals surface area contributed by atoms with Crippen LogP contribution in [0.5, 0.6) is 0 Å². The first-order valence-electron chi connectivity index (χ1n) is 10.7. The number of pyridine rings is 1. The topological polar surface area (TPSA) is 25.2 Å². The Morgan fingerprint density at radius 1 is 0.500 bits per heavy atom. The van der Waals surface area contributed by atoms with Gasteiger partial charge in [0.15, 0.2) is 0 Å². The van der Waals surface area contributed by atoms with Crippen molar-refractivity contribution in [3.8, 4) is 33.4 Å². The molecule has 1 aromatic heterocycles. The van der Waals surface area contributed by atoms with Gasteiger partial charge in [-0.25, -0.2) is 0 Å². The van der Waals surface area contributed by atoms with Gasteiger partial charge in [0.2, 0.25) is 0 Å². The maximum atomic E-state index is 4.98. The Morgan fingerprint density at radius 3 is 1.50 bits per heavy atom. The predicted octanol–water partition coefficient (Wildman–Crippen LogP) is 7.83. The highest BCUT2D eigenvalue weighted by Gasteiger charge is 2.14. The molecule has 0 unspecified atom stereocenters. The lowest BCUT2D eigenvalue weighted by Gasteiger charge is -2.16. The zero-order valence-corrected chi connectivity index (χ0v) is 17.6. The molecule has 2 nitrogen and oxygen atoms in total. The fraction of sp³-hybridized carbons (Fsp3) is 0. The van der Waals surface area contributed by atoms with Gasteiger partial charge < -0.3 is 0 Å². The second-order valence-electron chi connectivity index (χ2n) is 7.53. The summed E-state index contributed by atoms with van der Waals surface area (Å²) < 4.78 is 0. The summed E-state index contributed by atoms with van der Waals surface area (Å²) >= 11 is 0. The highest BCUT2D eigenvalue weighted by atomic mass is 14.8. The van der Waals surface area contributed by atoms with Crippen LogP contribution in [0.2, 0.25) is 0 Å². The monoisotopic (exact) mass is 410 g/mol. The highest BCUT2D eigenvalue weighted by Crippen LogP contribution is 2.42. The summed E-state index contributed by atoms with van der Waals surface area (Å²) in [6.07, 6.45) is 3.63. The molecule has 0 saturated heterocycles. The van der Waals surface area contributed by atoms with Gasteiger partial charge >= 0.3 is 0 Å². The molecule has 5 rings (SSSR count). The second-order valence-corrected chi connectivity index (χ2v) is 7.53. The fourth-order valence-corrected chi connectivity index (χ4v) is 3.83. The van der Waals surface area contributed by atoms with E-state index < -0.39 is 0 Å². The molecule has 0 saturated carbocycles. The Labute approximate surface area is 188 Å². The van der Waals surface area contributed by atoms with E-state index in [0.717, 1.165) is 33.6 Å². The zero-order chi connectivity index (χ0) is 21.6. The first kappa shape index (κ1) is 19.7. The van der Waals surface area contributed by atoms with Crippen molar-refractivity contribution < 1.29 is 0 Å². The van der Waals surface area contributed by atoms with Crippen LogP contribution < -0.4 is 0 Å². The normalized spacial score (nSPS) is 11.0. The van der Waals surface area contributed by atoms with E-state index in [2.05, 4.69) is 89.9 Å². The summed E-state index contributed by atoms with van der Waals surface area (Å²) in [5.74, 6) is 0. The van der Waals surface area contributed by atoms with Gasteiger partial charge in [-0.3, -0.25) is 9.98 Å². The van der Waals surface area contributed by atoms with Gasteiger partial charge in [-0.2, -0.15) is 0 Å². The van der Waals surface area contributed by atoms with Crippen molar-refractivity contribution in [3.05, 3.63) is 133 Å². The van der Waals surface area contributed by atoms with Crippen LogP contribution in [0.15, 0.2) is 133 Å². The number of benzene rings is 4. The lowest BCUT2D eigenvalue weighted by atomic mass is 9.91. The third-order valence-corrected chi connectivity index (χ3v) is 5.40. The average Bonchev–Trinajstić information content (AvgIpc) is 2.89. The summed E-state index contributed by atoms with van der Waals surface area (Å²) in [4.78, 5) is 9.39. The van der Waals surface area contributed by atoms with Crippen molar-refractivity contribution in [1.82, 2.24) is 4.98 Å². The molecule has 152 valence electrons. The quantitative estimate of drug-likeness (QED) is 0.271. The zero-order valence-electron chi connectivity index (χ0n) is 17.6. The minimum Gasteiger partial charge on any atom is -0.255 e. The molecule has 0 amide bonds. The van der Waals surface area contributed by atoms with E-state index in [1.807, 2.05) is 42.6 Å². The first-order chi connectivity index (χ1) is 15.9. The van der Waals surface area contributed by atoms with Gasteiger partial charge in [-0.15, -0.1) is 0 Å². The number of hydrogen-bond donors (Lipinski definition) is 0. The highest BCUT2D eigenvalue weighted by molar-refractivity contribution is 5.95. The number of aliphatic imine (C=N–C) groups is 1. The molecule has 32 heavy (non-hydrogen) atoms. The Balaban J connectivity index is 1.78. The van der Waals surface area contributed by atoms with Gasteiger partial charge in [0, 0.05) is 17.3 Å². The van der Waals surface area contributed by atoms with Crippen LogP contribution in [0.25, 0.3) is 33.4 Å². The van der Waals surface area contributed by atoms with E-state index in [1.165, 1.54) is 11.1 Å². The summed E-state index contributed by atoms with van der Waals surface area (Å²) in [6, 6.07) is 41.7. The standard InChI is InChI=1S/C30H22N2/c1-4-12-23(13-5-1)26-20-28(24-14-6-2-7-15-24)30(32-22-27-18-10-11-19-31-27)29(21-26)25-16-8-3-9-17-25/h1-22H. The molecule has 0 radical (unpaired) electrons. The Morgan fingerprint density at radius 2 is 1.00 bits per heavy atom. The maximum Gasteiger partial charge on any atom is 0.0812 e. The molecule has 4 aromatic carbocycles. The minimum absolute atomic E-state index is 0.831. The van der Waals surface area contributed by atoms with E-state index in [9.17, 15) is 0 Å². The lowest BCUT2D eigenvalue weighted by Crippen LogP contribution is -1.90. The Bertz CT molecular complexity index is 1270. The van der Waals surface area contributed by atoms with Crippen molar-refractivity contribution in [3.63, 3.8) is 0 Å². The Kier molecular flexibility index (Phi) is 5.67. The molecule has 0 aliphatic carbocycles. The fourth-order valence-electron chi connectivity index (χ4n) is 3.83. The van der Waals surface area contributed by atoms with Crippen molar-refractivity contribution in [2.24, 2.45) is 4.99 Å². The molecule has 0 spiro atoms.